The molecule has 105 valence electrons. The van der Waals surface area contributed by atoms with Crippen molar-refractivity contribution in [2.75, 3.05) is 6.61 Å². The molecule has 4 heteroatoms. The summed E-state index contributed by atoms with van der Waals surface area (Å²) in [5.41, 5.74) is 3.21. The Morgan fingerprint density at radius 3 is 2.90 bits per heavy atom. The highest BCUT2D eigenvalue weighted by molar-refractivity contribution is 6.40. The number of aromatic nitrogens is 1. The second-order valence-electron chi connectivity index (χ2n) is 4.89. The first kappa shape index (κ1) is 14.0. The van der Waals surface area contributed by atoms with Crippen molar-refractivity contribution in [1.29, 1.82) is 0 Å². The summed E-state index contributed by atoms with van der Waals surface area (Å²) in [6.45, 7) is 2.73. The molecule has 1 radical (unpaired) electrons. The second kappa shape index (κ2) is 5.80. The third kappa shape index (κ3) is 2.37. The topological polar surface area (TPSA) is 25.0 Å². The van der Waals surface area contributed by atoms with E-state index < -0.39 is 0 Å². The van der Waals surface area contributed by atoms with Gasteiger partial charge in [-0.1, -0.05) is 35.4 Å². The zero-order valence-electron chi connectivity index (χ0n) is 11.3. The Morgan fingerprint density at radius 1 is 1.30 bits per heavy atom. The van der Waals surface area contributed by atoms with Crippen LogP contribution in [0.25, 0.3) is 10.9 Å². The lowest BCUT2D eigenvalue weighted by Crippen LogP contribution is -2.16. The Hall–Kier alpha value is -0.960. The lowest BCUT2D eigenvalue weighted by molar-refractivity contribution is 0.141. The van der Waals surface area contributed by atoms with Crippen LogP contribution in [0.1, 0.15) is 31.0 Å². The fraction of sp³-hybridized carbons (Fsp3) is 0.312. The lowest BCUT2D eigenvalue weighted by atomic mass is 9.99. The van der Waals surface area contributed by atoms with Crippen LogP contribution in [-0.4, -0.2) is 11.6 Å². The van der Waals surface area contributed by atoms with Crippen molar-refractivity contribution in [3.63, 3.8) is 0 Å². The molecule has 20 heavy (non-hydrogen) atoms. The molecule has 2 aromatic rings. The Bertz CT molecular complexity index is 660. The standard InChI is InChI=1S/C16H16Cl2NO/c1-2-3-4-5-13-15-10(8-9-20-13)14-11(17)6-7-12(18)16(14)19-15/h2-3,6-7,19H,4-5,8-9H2,1H3/b3-2+. The number of rotatable bonds is 3. The Balaban J connectivity index is 2.06. The van der Waals surface area contributed by atoms with E-state index >= 15 is 0 Å². The van der Waals surface area contributed by atoms with Crippen LogP contribution in [0.4, 0.5) is 0 Å². The van der Waals surface area contributed by atoms with E-state index in [-0.39, 0.29) is 0 Å². The first-order valence-electron chi connectivity index (χ1n) is 6.81. The summed E-state index contributed by atoms with van der Waals surface area (Å²) in [4.78, 5) is 3.40. The minimum absolute atomic E-state index is 0.701. The molecule has 0 spiro atoms. The van der Waals surface area contributed by atoms with E-state index in [9.17, 15) is 0 Å². The normalized spacial score (nSPS) is 16.1. The third-order valence-electron chi connectivity index (χ3n) is 3.64. The molecule has 1 aliphatic heterocycles. The van der Waals surface area contributed by atoms with Crippen LogP contribution in [0.3, 0.4) is 0 Å². The van der Waals surface area contributed by atoms with Crippen molar-refractivity contribution in [3.05, 3.63) is 51.7 Å². The number of allylic oxidation sites excluding steroid dienone is 2. The molecule has 0 saturated carbocycles. The van der Waals surface area contributed by atoms with Gasteiger partial charge in [0.15, 0.2) is 0 Å². The predicted octanol–water partition coefficient (Wildman–Crippen LogP) is 5.28. The Morgan fingerprint density at radius 2 is 2.10 bits per heavy atom. The van der Waals surface area contributed by atoms with Gasteiger partial charge in [0.05, 0.1) is 27.9 Å². The van der Waals surface area contributed by atoms with Gasteiger partial charge in [0, 0.05) is 5.39 Å². The maximum absolute atomic E-state index is 6.34. The quantitative estimate of drug-likeness (QED) is 0.766. The Labute approximate surface area is 128 Å². The van der Waals surface area contributed by atoms with Gasteiger partial charge < -0.3 is 9.72 Å². The second-order valence-corrected chi connectivity index (χ2v) is 5.70. The van der Waals surface area contributed by atoms with Gasteiger partial charge in [-0.25, -0.2) is 0 Å². The molecule has 1 aromatic carbocycles. The van der Waals surface area contributed by atoms with E-state index in [2.05, 4.69) is 17.1 Å². The molecular formula is C16H16Cl2NO. The molecule has 0 unspecified atom stereocenters. The molecule has 1 aromatic heterocycles. The molecule has 0 aliphatic carbocycles. The first-order chi connectivity index (χ1) is 9.72. The monoisotopic (exact) mass is 308 g/mol. The van der Waals surface area contributed by atoms with Crippen LogP contribution in [-0.2, 0) is 11.2 Å². The molecule has 0 atom stereocenters. The van der Waals surface area contributed by atoms with E-state index in [4.69, 9.17) is 27.9 Å². The number of fused-ring (bicyclic) bond motifs is 3. The van der Waals surface area contributed by atoms with E-state index in [1.165, 1.54) is 5.56 Å². The van der Waals surface area contributed by atoms with Gasteiger partial charge in [0.1, 0.15) is 6.10 Å². The molecule has 0 bridgehead atoms. The summed E-state index contributed by atoms with van der Waals surface area (Å²) in [6, 6.07) is 3.68. The van der Waals surface area contributed by atoms with Gasteiger partial charge in [0.25, 0.3) is 0 Å². The zero-order valence-corrected chi connectivity index (χ0v) is 12.8. The van der Waals surface area contributed by atoms with Crippen molar-refractivity contribution in [3.8, 4) is 0 Å². The van der Waals surface area contributed by atoms with Crippen LogP contribution in [0, 0.1) is 6.10 Å². The fourth-order valence-electron chi connectivity index (χ4n) is 2.71. The summed E-state index contributed by atoms with van der Waals surface area (Å²) >= 11 is 12.6. The van der Waals surface area contributed by atoms with Crippen molar-refractivity contribution >= 4 is 34.1 Å². The summed E-state index contributed by atoms with van der Waals surface area (Å²) in [6.07, 6.45) is 7.94. The molecule has 0 saturated heterocycles. The molecule has 2 nitrogen and oxygen atoms in total. The molecular weight excluding hydrogens is 293 g/mol. The van der Waals surface area contributed by atoms with Crippen LogP contribution in [0.2, 0.25) is 10.0 Å². The van der Waals surface area contributed by atoms with Crippen LogP contribution < -0.4 is 0 Å². The average Bonchev–Trinajstić information content (AvgIpc) is 2.85. The number of hydrogen-bond donors (Lipinski definition) is 1. The largest absolute Gasteiger partial charge is 0.365 e. The van der Waals surface area contributed by atoms with E-state index in [1.54, 1.807) is 0 Å². The van der Waals surface area contributed by atoms with Gasteiger partial charge in [-0.05, 0) is 43.9 Å². The summed E-state index contributed by atoms with van der Waals surface area (Å²) in [7, 11) is 0. The van der Waals surface area contributed by atoms with Gasteiger partial charge in [0.2, 0.25) is 0 Å². The highest BCUT2D eigenvalue weighted by Gasteiger charge is 2.27. The maximum atomic E-state index is 6.34. The minimum Gasteiger partial charge on any atom is -0.365 e. The number of aromatic amines is 1. The van der Waals surface area contributed by atoms with Crippen molar-refractivity contribution < 1.29 is 4.74 Å². The van der Waals surface area contributed by atoms with Gasteiger partial charge >= 0.3 is 0 Å². The molecule has 3 rings (SSSR count). The van der Waals surface area contributed by atoms with Crippen molar-refractivity contribution in [2.45, 2.75) is 26.2 Å². The lowest BCUT2D eigenvalue weighted by Gasteiger charge is -2.21. The average molecular weight is 309 g/mol. The van der Waals surface area contributed by atoms with Crippen molar-refractivity contribution in [1.82, 2.24) is 4.98 Å². The Kier molecular flexibility index (Phi) is 4.06. The highest BCUT2D eigenvalue weighted by atomic mass is 35.5. The molecule has 1 N–H and O–H groups in total. The van der Waals surface area contributed by atoms with Crippen molar-refractivity contribution in [2.24, 2.45) is 0 Å². The van der Waals surface area contributed by atoms with Crippen LogP contribution in [0.5, 0.6) is 0 Å². The SMILES string of the molecule is C/C=C/CC[C]1OCCc2c1[nH]c1c(Cl)ccc(Cl)c21. The zero-order chi connectivity index (χ0) is 14.1. The van der Waals surface area contributed by atoms with Gasteiger partial charge in [-0.3, -0.25) is 0 Å². The number of ether oxygens (including phenoxy) is 1. The van der Waals surface area contributed by atoms with E-state index in [0.717, 1.165) is 47.0 Å². The summed E-state index contributed by atoms with van der Waals surface area (Å²) in [5, 5.41) is 2.49. The van der Waals surface area contributed by atoms with Gasteiger partial charge in [-0.2, -0.15) is 0 Å². The summed E-state index contributed by atoms with van der Waals surface area (Å²) < 4.78 is 5.83. The van der Waals surface area contributed by atoms with Crippen LogP contribution in [0.15, 0.2) is 24.3 Å². The predicted molar refractivity (Wildman–Crippen MR) is 84.4 cm³/mol. The number of H-pyrrole nitrogens is 1. The molecule has 1 aliphatic rings. The highest BCUT2D eigenvalue weighted by Crippen LogP contribution is 2.39. The number of halogens is 2. The number of hydrogen-bond acceptors (Lipinski definition) is 1. The molecule has 0 fully saturated rings. The maximum Gasteiger partial charge on any atom is 0.143 e. The third-order valence-corrected chi connectivity index (χ3v) is 4.27. The van der Waals surface area contributed by atoms with E-state index in [1.807, 2.05) is 19.1 Å². The first-order valence-corrected chi connectivity index (χ1v) is 7.56. The smallest absolute Gasteiger partial charge is 0.143 e. The van der Waals surface area contributed by atoms with Crippen LogP contribution >= 0.6 is 23.2 Å². The minimum atomic E-state index is 0.701. The molecule has 0 amide bonds. The van der Waals surface area contributed by atoms with Gasteiger partial charge in [-0.15, -0.1) is 0 Å². The van der Waals surface area contributed by atoms with E-state index in [0.29, 0.717) is 11.6 Å². The number of benzene rings is 1. The summed E-state index contributed by atoms with van der Waals surface area (Å²) in [5.74, 6) is 0. The molecule has 2 heterocycles. The number of nitrogens with one attached hydrogen (secondary N) is 1. The fourth-order valence-corrected chi connectivity index (χ4v) is 3.19.